The zero-order valence-corrected chi connectivity index (χ0v) is 7.57. The van der Waals surface area contributed by atoms with Crippen LogP contribution >= 0.6 is 0 Å². The molecular formula is C7H15NO6. The van der Waals surface area contributed by atoms with Crippen molar-refractivity contribution in [2.45, 2.75) is 42.7 Å². The van der Waals surface area contributed by atoms with Crippen molar-refractivity contribution in [1.82, 2.24) is 0 Å². The van der Waals surface area contributed by atoms with E-state index in [0.29, 0.717) is 0 Å². The van der Waals surface area contributed by atoms with Crippen LogP contribution in [-0.4, -0.2) is 66.4 Å². The van der Waals surface area contributed by atoms with E-state index in [1.54, 1.807) is 0 Å². The van der Waals surface area contributed by atoms with Gasteiger partial charge in [0.2, 0.25) is 0 Å². The summed E-state index contributed by atoms with van der Waals surface area (Å²) < 4.78 is 0. The highest BCUT2D eigenvalue weighted by Crippen LogP contribution is 2.33. The van der Waals surface area contributed by atoms with E-state index in [1.165, 1.54) is 0 Å². The number of hydrogen-bond acceptors (Lipinski definition) is 7. The first-order valence-electron chi connectivity index (χ1n) is 4.09. The van der Waals surface area contributed by atoms with Crippen molar-refractivity contribution in [3.8, 4) is 0 Å². The Hall–Kier alpha value is -0.280. The fourth-order valence-electron chi connectivity index (χ4n) is 1.58. The molecule has 1 saturated carbocycles. The Balaban J connectivity index is 3.09. The Labute approximate surface area is 80.0 Å². The first-order chi connectivity index (χ1) is 6.13. The number of hydrogen-bond donors (Lipinski definition) is 7. The largest absolute Gasteiger partial charge is 0.387 e. The molecule has 1 fully saturated rings. The van der Waals surface area contributed by atoms with E-state index in [2.05, 4.69) is 0 Å². The predicted octanol–water partition coefficient (Wildman–Crippen LogP) is -4.16. The molecule has 6 atom stereocenters. The Morgan fingerprint density at radius 3 is 1.86 bits per heavy atom. The van der Waals surface area contributed by atoms with Gasteiger partial charge in [-0.05, 0) is 6.92 Å². The van der Waals surface area contributed by atoms with Gasteiger partial charge in [-0.25, -0.2) is 0 Å². The van der Waals surface area contributed by atoms with Crippen molar-refractivity contribution in [2.24, 2.45) is 5.73 Å². The van der Waals surface area contributed by atoms with Gasteiger partial charge in [0.05, 0.1) is 0 Å². The molecule has 84 valence electrons. The highest BCUT2D eigenvalue weighted by Gasteiger charge is 2.61. The number of aliphatic hydroxyl groups excluding tert-OH is 4. The summed E-state index contributed by atoms with van der Waals surface area (Å²) in [7, 11) is 0. The van der Waals surface area contributed by atoms with Crippen LogP contribution in [-0.2, 0) is 0 Å². The van der Waals surface area contributed by atoms with E-state index in [0.717, 1.165) is 6.92 Å². The Kier molecular flexibility index (Phi) is 2.62. The van der Waals surface area contributed by atoms with Gasteiger partial charge in [-0.15, -0.1) is 0 Å². The van der Waals surface area contributed by atoms with E-state index in [-0.39, 0.29) is 0 Å². The second-order valence-electron chi connectivity index (χ2n) is 3.90. The zero-order valence-electron chi connectivity index (χ0n) is 7.57. The molecule has 7 nitrogen and oxygen atoms in total. The van der Waals surface area contributed by atoms with Crippen LogP contribution < -0.4 is 5.73 Å². The standard InChI is InChI=1S/C7H15NO6/c1-6(13)3(10)2(9)4(11)7(8,14)5(6)12/h2-5,9-14H,8H2,1H3/t2-,3-,4-,5+,6-,7?/m0/s1. The van der Waals surface area contributed by atoms with Gasteiger partial charge in [0.25, 0.3) is 0 Å². The predicted molar refractivity (Wildman–Crippen MR) is 43.8 cm³/mol. The zero-order chi connectivity index (χ0) is 11.3. The van der Waals surface area contributed by atoms with E-state index in [1.807, 2.05) is 0 Å². The van der Waals surface area contributed by atoms with Crippen molar-refractivity contribution < 1.29 is 30.6 Å². The van der Waals surface area contributed by atoms with Crippen LogP contribution in [0.1, 0.15) is 6.92 Å². The Bertz CT molecular complexity index is 208. The van der Waals surface area contributed by atoms with Crippen LogP contribution in [0.3, 0.4) is 0 Å². The van der Waals surface area contributed by atoms with Gasteiger partial charge in [0.15, 0.2) is 5.72 Å². The molecule has 0 amide bonds. The molecule has 0 radical (unpaired) electrons. The molecule has 0 aromatic heterocycles. The molecule has 7 heteroatoms. The maximum Gasteiger partial charge on any atom is 0.171 e. The third kappa shape index (κ3) is 1.34. The lowest BCUT2D eigenvalue weighted by atomic mass is 9.73. The SMILES string of the molecule is C[C@]1(O)[C@@H](O)[C@H](O)[C@H](O)C(N)(O)[C@@H]1O. The van der Waals surface area contributed by atoms with Crippen LogP contribution in [0.4, 0.5) is 0 Å². The molecular weight excluding hydrogens is 194 g/mol. The average molecular weight is 209 g/mol. The quantitative estimate of drug-likeness (QED) is 0.200. The van der Waals surface area contributed by atoms with Gasteiger partial charge in [-0.1, -0.05) is 0 Å². The molecule has 0 aromatic carbocycles. The first-order valence-corrected chi connectivity index (χ1v) is 4.09. The van der Waals surface area contributed by atoms with Crippen LogP contribution in [0.5, 0.6) is 0 Å². The van der Waals surface area contributed by atoms with E-state index in [9.17, 15) is 30.6 Å². The summed E-state index contributed by atoms with van der Waals surface area (Å²) in [4.78, 5) is 0. The van der Waals surface area contributed by atoms with Crippen molar-refractivity contribution >= 4 is 0 Å². The van der Waals surface area contributed by atoms with Gasteiger partial charge >= 0.3 is 0 Å². The molecule has 0 heterocycles. The minimum atomic E-state index is -2.57. The van der Waals surface area contributed by atoms with E-state index >= 15 is 0 Å². The van der Waals surface area contributed by atoms with E-state index in [4.69, 9.17) is 5.73 Å². The summed E-state index contributed by atoms with van der Waals surface area (Å²) in [6.45, 7) is 0.995. The average Bonchev–Trinajstić information content (AvgIpc) is 2.11. The van der Waals surface area contributed by atoms with Gasteiger partial charge in [-0.2, -0.15) is 0 Å². The molecule has 1 aliphatic rings. The summed E-state index contributed by atoms with van der Waals surface area (Å²) in [5, 5.41) is 56.0. The fraction of sp³-hybridized carbons (Fsp3) is 1.00. The van der Waals surface area contributed by atoms with Gasteiger partial charge in [0, 0.05) is 0 Å². The monoisotopic (exact) mass is 209 g/mol. The third-order valence-corrected chi connectivity index (χ3v) is 2.71. The minimum absolute atomic E-state index is 0.995. The maximum absolute atomic E-state index is 9.52. The molecule has 0 aliphatic heterocycles. The second-order valence-corrected chi connectivity index (χ2v) is 3.90. The molecule has 14 heavy (non-hydrogen) atoms. The first kappa shape index (κ1) is 11.8. The normalized spacial score (nSPS) is 60.0. The second kappa shape index (κ2) is 3.11. The smallest absolute Gasteiger partial charge is 0.171 e. The number of aliphatic hydroxyl groups is 6. The lowest BCUT2D eigenvalue weighted by Crippen LogP contribution is -2.78. The van der Waals surface area contributed by atoms with Crippen molar-refractivity contribution in [3.05, 3.63) is 0 Å². The summed E-state index contributed by atoms with van der Waals surface area (Å²) >= 11 is 0. The molecule has 0 bridgehead atoms. The van der Waals surface area contributed by atoms with Crippen LogP contribution in [0, 0.1) is 0 Å². The van der Waals surface area contributed by atoms with Gasteiger partial charge < -0.3 is 30.6 Å². The lowest BCUT2D eigenvalue weighted by molar-refractivity contribution is -0.298. The highest BCUT2D eigenvalue weighted by molar-refractivity contribution is 5.11. The molecule has 0 aromatic rings. The Morgan fingerprint density at radius 2 is 1.43 bits per heavy atom. The molecule has 1 unspecified atom stereocenters. The highest BCUT2D eigenvalue weighted by atomic mass is 16.4. The van der Waals surface area contributed by atoms with Crippen LogP contribution in [0.2, 0.25) is 0 Å². The van der Waals surface area contributed by atoms with Crippen molar-refractivity contribution in [3.63, 3.8) is 0 Å². The third-order valence-electron chi connectivity index (χ3n) is 2.71. The number of rotatable bonds is 0. The maximum atomic E-state index is 9.52. The summed E-state index contributed by atoms with van der Waals surface area (Å²) in [6.07, 6.45) is -7.53. The topological polar surface area (TPSA) is 147 Å². The van der Waals surface area contributed by atoms with Gasteiger partial charge in [0.1, 0.15) is 30.0 Å². The summed E-state index contributed by atoms with van der Waals surface area (Å²) in [5.74, 6) is 0. The van der Waals surface area contributed by atoms with Crippen molar-refractivity contribution in [1.29, 1.82) is 0 Å². The minimum Gasteiger partial charge on any atom is -0.387 e. The number of nitrogens with two attached hydrogens (primary N) is 1. The molecule has 1 rings (SSSR count). The van der Waals surface area contributed by atoms with E-state index < -0.39 is 35.7 Å². The van der Waals surface area contributed by atoms with Crippen molar-refractivity contribution in [2.75, 3.05) is 0 Å². The lowest BCUT2D eigenvalue weighted by Gasteiger charge is -2.50. The van der Waals surface area contributed by atoms with Crippen LogP contribution in [0.25, 0.3) is 0 Å². The molecule has 8 N–H and O–H groups in total. The van der Waals surface area contributed by atoms with Gasteiger partial charge in [-0.3, -0.25) is 5.73 Å². The molecule has 0 saturated heterocycles. The fourth-order valence-corrected chi connectivity index (χ4v) is 1.58. The molecule has 1 aliphatic carbocycles. The summed E-state index contributed by atoms with van der Waals surface area (Å²) in [5.41, 5.74) is 0.358. The van der Waals surface area contributed by atoms with Crippen LogP contribution in [0.15, 0.2) is 0 Å². The summed E-state index contributed by atoms with van der Waals surface area (Å²) in [6, 6.07) is 0. The molecule has 0 spiro atoms. The Morgan fingerprint density at radius 1 is 1.00 bits per heavy atom.